The van der Waals surface area contributed by atoms with E-state index in [1.54, 1.807) is 0 Å². The molecule has 1 aliphatic carbocycles. The molecule has 64 valence electrons. The van der Waals surface area contributed by atoms with Crippen molar-refractivity contribution in [2.24, 2.45) is 5.92 Å². The summed E-state index contributed by atoms with van der Waals surface area (Å²) < 4.78 is 0. The van der Waals surface area contributed by atoms with Gasteiger partial charge in [-0.05, 0) is 31.6 Å². The molecule has 0 aromatic heterocycles. The van der Waals surface area contributed by atoms with E-state index >= 15 is 0 Å². The van der Waals surface area contributed by atoms with E-state index in [4.69, 9.17) is 0 Å². The average molecular weight is 155 g/mol. The lowest BCUT2D eigenvalue weighted by Crippen LogP contribution is -2.36. The monoisotopic (exact) mass is 155 g/mol. The second kappa shape index (κ2) is 3.11. The summed E-state index contributed by atoms with van der Waals surface area (Å²) in [5.74, 6) is 1.00. The van der Waals surface area contributed by atoms with E-state index in [0.717, 1.165) is 31.8 Å². The molecule has 0 spiro atoms. The zero-order valence-corrected chi connectivity index (χ0v) is 7.00. The fraction of sp³-hybridized carbons (Fsp3) is 1.00. The zero-order valence-electron chi connectivity index (χ0n) is 7.00. The van der Waals surface area contributed by atoms with Crippen molar-refractivity contribution in [3.05, 3.63) is 0 Å². The first-order chi connectivity index (χ1) is 5.34. The van der Waals surface area contributed by atoms with Crippen LogP contribution in [0.4, 0.5) is 0 Å². The minimum absolute atomic E-state index is 0.00884. The molecule has 0 aromatic rings. The van der Waals surface area contributed by atoms with Crippen molar-refractivity contribution < 1.29 is 5.11 Å². The summed E-state index contributed by atoms with van der Waals surface area (Å²) >= 11 is 0. The molecule has 0 unspecified atom stereocenters. The molecule has 2 rings (SSSR count). The maximum absolute atomic E-state index is 9.25. The summed E-state index contributed by atoms with van der Waals surface area (Å²) in [6, 6.07) is 0. The lowest BCUT2D eigenvalue weighted by molar-refractivity contribution is 0.0805. The molecule has 1 aliphatic heterocycles. The number of aliphatic hydroxyl groups excluding tert-OH is 1. The summed E-state index contributed by atoms with van der Waals surface area (Å²) in [6.45, 7) is 3.54. The lowest BCUT2D eigenvalue weighted by atomic mass is 10.1. The number of likely N-dealkylation sites (tertiary alicyclic amines) is 1. The largest absolute Gasteiger partial charge is 0.393 e. The molecule has 2 aliphatic rings. The number of aliphatic hydroxyl groups is 1. The van der Waals surface area contributed by atoms with Crippen LogP contribution < -0.4 is 0 Å². The SMILES string of the molecule is OC1CCN(CC2CC2)CC1. The summed E-state index contributed by atoms with van der Waals surface area (Å²) in [5.41, 5.74) is 0. The van der Waals surface area contributed by atoms with Gasteiger partial charge in [0.15, 0.2) is 0 Å². The third-order valence-corrected chi connectivity index (χ3v) is 2.77. The Hall–Kier alpha value is -0.0800. The molecule has 0 radical (unpaired) electrons. The van der Waals surface area contributed by atoms with Crippen LogP contribution in [-0.2, 0) is 0 Å². The van der Waals surface area contributed by atoms with Gasteiger partial charge in [0.25, 0.3) is 0 Å². The van der Waals surface area contributed by atoms with Crippen LogP contribution in [0.3, 0.4) is 0 Å². The Labute approximate surface area is 68.2 Å². The van der Waals surface area contributed by atoms with Gasteiger partial charge in [0.1, 0.15) is 0 Å². The van der Waals surface area contributed by atoms with Gasteiger partial charge in [-0.3, -0.25) is 0 Å². The van der Waals surface area contributed by atoms with Gasteiger partial charge in [-0.1, -0.05) is 0 Å². The minimum Gasteiger partial charge on any atom is -0.393 e. The van der Waals surface area contributed by atoms with E-state index in [2.05, 4.69) is 4.90 Å². The van der Waals surface area contributed by atoms with E-state index in [-0.39, 0.29) is 6.10 Å². The van der Waals surface area contributed by atoms with Crippen LogP contribution in [0.2, 0.25) is 0 Å². The molecule has 1 saturated heterocycles. The highest BCUT2D eigenvalue weighted by molar-refractivity contribution is 4.80. The Morgan fingerprint density at radius 2 is 1.73 bits per heavy atom. The molecular weight excluding hydrogens is 138 g/mol. The first kappa shape index (κ1) is 7.56. The number of nitrogens with zero attached hydrogens (tertiary/aromatic N) is 1. The molecule has 0 bridgehead atoms. The van der Waals surface area contributed by atoms with Crippen LogP contribution in [0.15, 0.2) is 0 Å². The van der Waals surface area contributed by atoms with Crippen LogP contribution in [0.1, 0.15) is 25.7 Å². The lowest BCUT2D eigenvalue weighted by Gasteiger charge is -2.29. The van der Waals surface area contributed by atoms with Crippen molar-refractivity contribution in [1.29, 1.82) is 0 Å². The number of piperidine rings is 1. The van der Waals surface area contributed by atoms with Gasteiger partial charge in [-0.2, -0.15) is 0 Å². The van der Waals surface area contributed by atoms with Crippen LogP contribution in [-0.4, -0.2) is 35.7 Å². The maximum atomic E-state index is 9.25. The Balaban J connectivity index is 1.69. The zero-order chi connectivity index (χ0) is 7.68. The van der Waals surface area contributed by atoms with Crippen molar-refractivity contribution in [2.75, 3.05) is 19.6 Å². The highest BCUT2D eigenvalue weighted by Crippen LogP contribution is 2.30. The third kappa shape index (κ3) is 2.17. The summed E-state index contributed by atoms with van der Waals surface area (Å²) in [5, 5.41) is 9.25. The molecule has 2 nitrogen and oxygen atoms in total. The Kier molecular flexibility index (Phi) is 2.14. The molecule has 1 saturated carbocycles. The molecule has 0 atom stereocenters. The van der Waals surface area contributed by atoms with Crippen LogP contribution in [0.5, 0.6) is 0 Å². The quantitative estimate of drug-likeness (QED) is 0.639. The normalized spacial score (nSPS) is 29.2. The topological polar surface area (TPSA) is 23.5 Å². The number of hydrogen-bond acceptors (Lipinski definition) is 2. The summed E-state index contributed by atoms with van der Waals surface area (Å²) in [4.78, 5) is 2.50. The van der Waals surface area contributed by atoms with Crippen LogP contribution in [0, 0.1) is 5.92 Å². The second-order valence-electron chi connectivity index (χ2n) is 3.98. The Morgan fingerprint density at radius 3 is 2.27 bits per heavy atom. The number of hydrogen-bond donors (Lipinski definition) is 1. The van der Waals surface area contributed by atoms with E-state index in [1.807, 2.05) is 0 Å². The molecule has 1 heterocycles. The molecule has 11 heavy (non-hydrogen) atoms. The van der Waals surface area contributed by atoms with E-state index in [0.29, 0.717) is 0 Å². The summed E-state index contributed by atoms with van der Waals surface area (Å²) in [6.07, 6.45) is 4.86. The molecule has 2 heteroatoms. The van der Waals surface area contributed by atoms with Crippen molar-refractivity contribution >= 4 is 0 Å². The molecule has 0 aromatic carbocycles. The maximum Gasteiger partial charge on any atom is 0.0564 e. The van der Waals surface area contributed by atoms with E-state index in [9.17, 15) is 5.11 Å². The predicted octanol–water partition coefficient (Wildman–Crippen LogP) is 0.853. The minimum atomic E-state index is -0.00884. The fourth-order valence-corrected chi connectivity index (χ4v) is 1.77. The third-order valence-electron chi connectivity index (χ3n) is 2.77. The van der Waals surface area contributed by atoms with E-state index in [1.165, 1.54) is 19.4 Å². The van der Waals surface area contributed by atoms with Gasteiger partial charge in [-0.25, -0.2) is 0 Å². The summed E-state index contributed by atoms with van der Waals surface area (Å²) in [7, 11) is 0. The van der Waals surface area contributed by atoms with Gasteiger partial charge < -0.3 is 10.0 Å². The van der Waals surface area contributed by atoms with Gasteiger partial charge in [-0.15, -0.1) is 0 Å². The molecular formula is C9H17NO. The first-order valence-electron chi connectivity index (χ1n) is 4.75. The average Bonchev–Trinajstić information content (AvgIpc) is 2.78. The van der Waals surface area contributed by atoms with Crippen molar-refractivity contribution in [2.45, 2.75) is 31.8 Å². The highest BCUT2D eigenvalue weighted by Gasteiger charge is 2.26. The van der Waals surface area contributed by atoms with Gasteiger partial charge >= 0.3 is 0 Å². The predicted molar refractivity (Wildman–Crippen MR) is 44.4 cm³/mol. The van der Waals surface area contributed by atoms with Crippen LogP contribution >= 0.6 is 0 Å². The highest BCUT2D eigenvalue weighted by atomic mass is 16.3. The number of rotatable bonds is 2. The van der Waals surface area contributed by atoms with Crippen LogP contribution in [0.25, 0.3) is 0 Å². The second-order valence-corrected chi connectivity index (χ2v) is 3.98. The van der Waals surface area contributed by atoms with Crippen molar-refractivity contribution in [1.82, 2.24) is 4.90 Å². The fourth-order valence-electron chi connectivity index (χ4n) is 1.77. The van der Waals surface area contributed by atoms with E-state index < -0.39 is 0 Å². The standard InChI is InChI=1S/C9H17NO/c11-9-3-5-10(6-4-9)7-8-1-2-8/h8-9,11H,1-7H2. The Bertz CT molecular complexity index is 126. The van der Waals surface area contributed by atoms with Gasteiger partial charge in [0.2, 0.25) is 0 Å². The van der Waals surface area contributed by atoms with Gasteiger partial charge in [0, 0.05) is 19.6 Å². The molecule has 1 N–H and O–H groups in total. The smallest absolute Gasteiger partial charge is 0.0564 e. The molecule has 2 fully saturated rings. The molecule has 0 amide bonds. The van der Waals surface area contributed by atoms with Crippen molar-refractivity contribution in [3.8, 4) is 0 Å². The Morgan fingerprint density at radius 1 is 1.09 bits per heavy atom. The first-order valence-corrected chi connectivity index (χ1v) is 4.75. The van der Waals surface area contributed by atoms with Gasteiger partial charge in [0.05, 0.1) is 6.10 Å². The van der Waals surface area contributed by atoms with Crippen molar-refractivity contribution in [3.63, 3.8) is 0 Å².